The van der Waals surface area contributed by atoms with Gasteiger partial charge in [-0.25, -0.2) is 0 Å². The average molecular weight is 414 g/mol. The second kappa shape index (κ2) is 9.24. The average Bonchev–Trinajstić information content (AvgIpc) is 3.05. The summed E-state index contributed by atoms with van der Waals surface area (Å²) in [6.45, 7) is 7.76. The third-order valence-corrected chi connectivity index (χ3v) is 6.27. The molecule has 2 saturated heterocycles. The van der Waals surface area contributed by atoms with E-state index in [1.807, 2.05) is 12.1 Å². The molecule has 8 heteroatoms. The zero-order chi connectivity index (χ0) is 21.1. The lowest BCUT2D eigenvalue weighted by Crippen LogP contribution is -2.52. The standard InChI is InChI=1S/C22H31N5O3/c1-25(9-2-10-26-11-7-23-8-12-26)14-16-3-4-17-15-27(22(30)18(17)13-16)19-5-6-20(28)24-21(19)29/h3-4,13,19,23H,2,5-12,14-15H2,1H3,(H,24,28,29). The fourth-order valence-corrected chi connectivity index (χ4v) is 4.59. The quantitative estimate of drug-likeness (QED) is 0.620. The minimum atomic E-state index is -0.557. The summed E-state index contributed by atoms with van der Waals surface area (Å²) >= 11 is 0. The molecule has 162 valence electrons. The number of carbonyl (C=O) groups is 3. The van der Waals surface area contributed by atoms with Crippen molar-refractivity contribution in [2.75, 3.05) is 46.3 Å². The molecule has 1 atom stereocenters. The zero-order valence-corrected chi connectivity index (χ0v) is 17.7. The highest BCUT2D eigenvalue weighted by atomic mass is 16.2. The number of benzene rings is 1. The van der Waals surface area contributed by atoms with Crippen molar-refractivity contribution in [1.82, 2.24) is 25.3 Å². The lowest BCUT2D eigenvalue weighted by atomic mass is 10.0. The van der Waals surface area contributed by atoms with E-state index in [1.165, 1.54) is 0 Å². The predicted octanol–water partition coefficient (Wildman–Crippen LogP) is 0.175. The molecular formula is C22H31N5O3. The molecule has 3 aliphatic rings. The number of carbonyl (C=O) groups excluding carboxylic acids is 3. The van der Waals surface area contributed by atoms with Gasteiger partial charge in [-0.05, 0) is 50.2 Å². The Kier molecular flexibility index (Phi) is 6.46. The summed E-state index contributed by atoms with van der Waals surface area (Å²) in [5, 5.41) is 5.73. The lowest BCUT2D eigenvalue weighted by molar-refractivity contribution is -0.136. The van der Waals surface area contributed by atoms with Crippen molar-refractivity contribution in [3.63, 3.8) is 0 Å². The van der Waals surface area contributed by atoms with E-state index < -0.39 is 6.04 Å². The van der Waals surface area contributed by atoms with Gasteiger partial charge in [0.15, 0.2) is 0 Å². The monoisotopic (exact) mass is 413 g/mol. The molecular weight excluding hydrogens is 382 g/mol. The summed E-state index contributed by atoms with van der Waals surface area (Å²) in [6, 6.07) is 5.49. The minimum absolute atomic E-state index is 0.109. The van der Waals surface area contributed by atoms with E-state index >= 15 is 0 Å². The van der Waals surface area contributed by atoms with Gasteiger partial charge in [-0.3, -0.25) is 19.7 Å². The molecule has 3 aliphatic heterocycles. The van der Waals surface area contributed by atoms with Crippen LogP contribution in [0.1, 0.15) is 40.7 Å². The summed E-state index contributed by atoms with van der Waals surface area (Å²) in [5.41, 5.74) is 2.75. The van der Waals surface area contributed by atoms with Crippen molar-refractivity contribution in [2.24, 2.45) is 0 Å². The maximum atomic E-state index is 12.9. The van der Waals surface area contributed by atoms with Crippen LogP contribution in [-0.4, -0.2) is 84.8 Å². The van der Waals surface area contributed by atoms with Crippen LogP contribution in [0, 0.1) is 0 Å². The molecule has 0 spiro atoms. The zero-order valence-electron chi connectivity index (χ0n) is 17.7. The molecule has 4 rings (SSSR count). The summed E-state index contributed by atoms with van der Waals surface area (Å²) in [6.07, 6.45) is 1.80. The Balaban J connectivity index is 1.31. The topological polar surface area (TPSA) is 85.0 Å². The summed E-state index contributed by atoms with van der Waals surface area (Å²) < 4.78 is 0. The molecule has 0 bridgehead atoms. The maximum absolute atomic E-state index is 12.9. The lowest BCUT2D eigenvalue weighted by Gasteiger charge is -2.29. The van der Waals surface area contributed by atoms with Crippen LogP contribution in [0.25, 0.3) is 0 Å². The molecule has 0 aliphatic carbocycles. The van der Waals surface area contributed by atoms with E-state index in [0.29, 0.717) is 18.5 Å². The van der Waals surface area contributed by atoms with E-state index in [0.717, 1.165) is 63.4 Å². The van der Waals surface area contributed by atoms with Crippen LogP contribution in [0.2, 0.25) is 0 Å². The predicted molar refractivity (Wildman–Crippen MR) is 113 cm³/mol. The van der Waals surface area contributed by atoms with E-state index in [4.69, 9.17) is 0 Å². The third kappa shape index (κ3) is 4.71. The molecule has 3 amide bonds. The molecule has 1 aromatic carbocycles. The smallest absolute Gasteiger partial charge is 0.255 e. The number of nitrogens with zero attached hydrogens (tertiary/aromatic N) is 3. The van der Waals surface area contributed by atoms with Gasteiger partial charge in [0.25, 0.3) is 5.91 Å². The van der Waals surface area contributed by atoms with E-state index in [-0.39, 0.29) is 24.1 Å². The number of imide groups is 1. The van der Waals surface area contributed by atoms with E-state index in [1.54, 1.807) is 4.90 Å². The van der Waals surface area contributed by atoms with Gasteiger partial charge >= 0.3 is 0 Å². The van der Waals surface area contributed by atoms with Gasteiger partial charge in [0.05, 0.1) is 0 Å². The fraction of sp³-hybridized carbons (Fsp3) is 0.591. The van der Waals surface area contributed by atoms with Crippen LogP contribution in [0.4, 0.5) is 0 Å². The Labute approximate surface area is 177 Å². The van der Waals surface area contributed by atoms with Crippen molar-refractivity contribution in [3.05, 3.63) is 34.9 Å². The Bertz CT molecular complexity index is 821. The molecule has 0 saturated carbocycles. The van der Waals surface area contributed by atoms with Gasteiger partial charge in [0.1, 0.15) is 6.04 Å². The molecule has 2 fully saturated rings. The normalized spacial score (nSPS) is 22.5. The second-order valence-electron chi connectivity index (χ2n) is 8.57. The first-order valence-electron chi connectivity index (χ1n) is 10.9. The molecule has 0 radical (unpaired) electrons. The van der Waals surface area contributed by atoms with Crippen molar-refractivity contribution in [1.29, 1.82) is 0 Å². The van der Waals surface area contributed by atoms with Crippen LogP contribution >= 0.6 is 0 Å². The Morgan fingerprint density at radius 2 is 1.97 bits per heavy atom. The van der Waals surface area contributed by atoms with Crippen LogP contribution in [-0.2, 0) is 22.7 Å². The first-order valence-corrected chi connectivity index (χ1v) is 10.9. The first kappa shape index (κ1) is 21.0. The number of piperidine rings is 1. The van der Waals surface area contributed by atoms with Crippen molar-refractivity contribution in [3.8, 4) is 0 Å². The number of hydrogen-bond donors (Lipinski definition) is 2. The highest BCUT2D eigenvalue weighted by Gasteiger charge is 2.39. The van der Waals surface area contributed by atoms with Gasteiger partial charge < -0.3 is 20.0 Å². The molecule has 30 heavy (non-hydrogen) atoms. The third-order valence-electron chi connectivity index (χ3n) is 6.27. The Morgan fingerprint density at radius 1 is 1.17 bits per heavy atom. The van der Waals surface area contributed by atoms with E-state index in [9.17, 15) is 14.4 Å². The molecule has 0 aromatic heterocycles. The van der Waals surface area contributed by atoms with Gasteiger partial charge in [-0.15, -0.1) is 0 Å². The Hall–Kier alpha value is -2.29. The maximum Gasteiger partial charge on any atom is 0.255 e. The largest absolute Gasteiger partial charge is 0.322 e. The number of rotatable bonds is 7. The van der Waals surface area contributed by atoms with Crippen LogP contribution in [0.15, 0.2) is 18.2 Å². The number of amides is 3. The SMILES string of the molecule is CN(CCCN1CCNCC1)Cc1ccc2c(c1)C(=O)N(C1CCC(=O)NC1=O)C2. The second-order valence-corrected chi connectivity index (χ2v) is 8.57. The highest BCUT2D eigenvalue weighted by molar-refractivity contribution is 6.05. The number of piperazine rings is 1. The van der Waals surface area contributed by atoms with Crippen molar-refractivity contribution in [2.45, 2.75) is 38.4 Å². The molecule has 3 heterocycles. The van der Waals surface area contributed by atoms with Gasteiger partial charge in [0, 0.05) is 51.3 Å². The van der Waals surface area contributed by atoms with E-state index in [2.05, 4.69) is 33.5 Å². The van der Waals surface area contributed by atoms with Crippen LogP contribution in [0.5, 0.6) is 0 Å². The molecule has 2 N–H and O–H groups in total. The summed E-state index contributed by atoms with van der Waals surface area (Å²) in [4.78, 5) is 42.9. The highest BCUT2D eigenvalue weighted by Crippen LogP contribution is 2.28. The molecule has 1 aromatic rings. The van der Waals surface area contributed by atoms with Crippen molar-refractivity contribution >= 4 is 17.7 Å². The molecule has 1 unspecified atom stereocenters. The fourth-order valence-electron chi connectivity index (χ4n) is 4.59. The summed E-state index contributed by atoms with van der Waals surface area (Å²) in [5.74, 6) is -0.734. The van der Waals surface area contributed by atoms with Gasteiger partial charge in [0.2, 0.25) is 11.8 Å². The molecule has 8 nitrogen and oxygen atoms in total. The van der Waals surface area contributed by atoms with Gasteiger partial charge in [-0.2, -0.15) is 0 Å². The first-order chi connectivity index (χ1) is 14.5. The number of nitrogens with one attached hydrogen (secondary N) is 2. The number of fused-ring (bicyclic) bond motifs is 1. The van der Waals surface area contributed by atoms with Gasteiger partial charge in [-0.1, -0.05) is 12.1 Å². The minimum Gasteiger partial charge on any atom is -0.322 e. The Morgan fingerprint density at radius 3 is 2.73 bits per heavy atom. The summed E-state index contributed by atoms with van der Waals surface area (Å²) in [7, 11) is 2.11. The van der Waals surface area contributed by atoms with Crippen LogP contribution < -0.4 is 10.6 Å². The van der Waals surface area contributed by atoms with Crippen molar-refractivity contribution < 1.29 is 14.4 Å². The van der Waals surface area contributed by atoms with Crippen LogP contribution in [0.3, 0.4) is 0 Å². The number of hydrogen-bond acceptors (Lipinski definition) is 6.